The average Bonchev–Trinajstić information content (AvgIpc) is 2.88. The lowest BCUT2D eigenvalue weighted by atomic mass is 9.68. The maximum Gasteiger partial charge on any atom is 0.216 e. The van der Waals surface area contributed by atoms with Crippen LogP contribution in [0.2, 0.25) is 0 Å². The molecule has 3 rings (SSSR count). The van der Waals surface area contributed by atoms with Crippen LogP contribution in [0.4, 0.5) is 0 Å². The Morgan fingerprint density at radius 2 is 2.10 bits per heavy atom. The molecular formula is C15H21NO4S. The Hall–Kier alpha value is -0.950. The lowest BCUT2D eigenvalue weighted by Gasteiger charge is -2.47. The summed E-state index contributed by atoms with van der Waals surface area (Å²) in [5.41, 5.74) is 0.798. The molecule has 1 saturated heterocycles. The summed E-state index contributed by atoms with van der Waals surface area (Å²) in [7, 11) is -1.71. The van der Waals surface area contributed by atoms with E-state index < -0.39 is 10.0 Å². The first-order valence-electron chi connectivity index (χ1n) is 7.25. The van der Waals surface area contributed by atoms with E-state index in [9.17, 15) is 8.42 Å². The number of hydrogen-bond acceptors (Lipinski definition) is 4. The van der Waals surface area contributed by atoms with E-state index in [-0.39, 0.29) is 29.7 Å². The minimum atomic E-state index is -3.35. The van der Waals surface area contributed by atoms with Gasteiger partial charge >= 0.3 is 0 Å². The molecule has 1 aromatic carbocycles. The summed E-state index contributed by atoms with van der Waals surface area (Å²) < 4.78 is 38.4. The number of hydrogen-bond donors (Lipinski definition) is 1. The lowest BCUT2D eigenvalue weighted by molar-refractivity contribution is -0.0775. The first-order chi connectivity index (χ1) is 10.1. The Kier molecular flexibility index (Phi) is 4.31. The molecular weight excluding hydrogens is 290 g/mol. The fourth-order valence-electron chi connectivity index (χ4n) is 3.44. The molecule has 0 amide bonds. The molecule has 0 spiro atoms. The third kappa shape index (κ3) is 3.13. The van der Waals surface area contributed by atoms with Gasteiger partial charge in [-0.2, -0.15) is 0 Å². The number of rotatable bonds is 6. The van der Waals surface area contributed by atoms with Gasteiger partial charge in [0.05, 0.1) is 18.5 Å². The third-order valence-corrected chi connectivity index (χ3v) is 5.75. The molecule has 0 radical (unpaired) electrons. The number of fused-ring (bicyclic) bond motifs is 1. The molecule has 4 atom stereocenters. The summed E-state index contributed by atoms with van der Waals surface area (Å²) in [5, 5.41) is 0. The molecule has 2 aliphatic rings. The molecule has 1 aromatic rings. The quantitative estimate of drug-likeness (QED) is 0.856. The Labute approximate surface area is 125 Å². The molecule has 1 aliphatic carbocycles. The summed E-state index contributed by atoms with van der Waals surface area (Å²) in [5.74, 6) is 0.422. The van der Waals surface area contributed by atoms with Crippen molar-refractivity contribution in [1.29, 1.82) is 0 Å². The van der Waals surface area contributed by atoms with E-state index >= 15 is 0 Å². The van der Waals surface area contributed by atoms with Crippen molar-refractivity contribution < 1.29 is 17.9 Å². The van der Waals surface area contributed by atoms with E-state index in [4.69, 9.17) is 9.47 Å². The second kappa shape index (κ2) is 6.04. The minimum Gasteiger partial charge on any atom is -0.384 e. The Bertz CT molecular complexity index is 575. The predicted octanol–water partition coefficient (Wildman–Crippen LogP) is 1.16. The van der Waals surface area contributed by atoms with Crippen LogP contribution in [0, 0.1) is 11.8 Å². The van der Waals surface area contributed by atoms with Gasteiger partial charge in [0, 0.05) is 31.6 Å². The van der Waals surface area contributed by atoms with Gasteiger partial charge in [-0.3, -0.25) is 0 Å². The molecule has 0 unspecified atom stereocenters. The average molecular weight is 311 g/mol. The van der Waals surface area contributed by atoms with E-state index in [1.807, 2.05) is 30.3 Å². The molecule has 1 heterocycles. The fraction of sp³-hybridized carbons (Fsp3) is 0.600. The van der Waals surface area contributed by atoms with Gasteiger partial charge in [-0.15, -0.1) is 0 Å². The van der Waals surface area contributed by atoms with Gasteiger partial charge in [0.25, 0.3) is 0 Å². The number of ether oxygens (including phenoxy) is 2. The lowest BCUT2D eigenvalue weighted by Crippen LogP contribution is -2.62. The van der Waals surface area contributed by atoms with Gasteiger partial charge in [0.15, 0.2) is 0 Å². The van der Waals surface area contributed by atoms with Crippen molar-refractivity contribution in [3.63, 3.8) is 0 Å². The molecule has 0 aromatic heterocycles. The van der Waals surface area contributed by atoms with Crippen molar-refractivity contribution in [3.05, 3.63) is 35.9 Å². The molecule has 1 N–H and O–H groups in total. The van der Waals surface area contributed by atoms with E-state index in [0.717, 1.165) is 12.0 Å². The zero-order valence-corrected chi connectivity index (χ0v) is 12.9. The smallest absolute Gasteiger partial charge is 0.216 e. The molecule has 1 aliphatic heterocycles. The number of sulfonamides is 1. The summed E-state index contributed by atoms with van der Waals surface area (Å²) in [4.78, 5) is 0. The summed E-state index contributed by atoms with van der Waals surface area (Å²) in [6, 6.07) is 9.17. The van der Waals surface area contributed by atoms with E-state index in [1.54, 1.807) is 7.11 Å². The highest BCUT2D eigenvalue weighted by atomic mass is 32.2. The summed E-state index contributed by atoms with van der Waals surface area (Å²) in [6.07, 6.45) is 1.07. The molecule has 21 heavy (non-hydrogen) atoms. The van der Waals surface area contributed by atoms with Crippen molar-refractivity contribution in [2.24, 2.45) is 11.8 Å². The molecule has 5 nitrogen and oxygen atoms in total. The highest BCUT2D eigenvalue weighted by Crippen LogP contribution is 2.44. The highest BCUT2D eigenvalue weighted by molar-refractivity contribution is 7.88. The predicted molar refractivity (Wildman–Crippen MR) is 79.2 cm³/mol. The molecule has 1 saturated carbocycles. The van der Waals surface area contributed by atoms with Crippen LogP contribution in [0.25, 0.3) is 0 Å². The van der Waals surface area contributed by atoms with Crippen molar-refractivity contribution in [3.8, 4) is 0 Å². The zero-order valence-electron chi connectivity index (χ0n) is 12.1. The molecule has 0 bridgehead atoms. The van der Waals surface area contributed by atoms with Gasteiger partial charge in [-0.25, -0.2) is 13.1 Å². The SMILES string of the molecule is COC[C@H]1[C@@H](NS(=O)(=O)Cc2ccccc2)[C@@H]2CCO[C@@H]21. The molecule has 116 valence electrons. The van der Waals surface area contributed by atoms with E-state index in [1.165, 1.54) is 0 Å². The van der Waals surface area contributed by atoms with Crippen molar-refractivity contribution in [1.82, 2.24) is 4.72 Å². The van der Waals surface area contributed by atoms with Gasteiger partial charge < -0.3 is 9.47 Å². The normalized spacial score (nSPS) is 31.7. The van der Waals surface area contributed by atoms with Crippen LogP contribution in [-0.4, -0.2) is 40.9 Å². The van der Waals surface area contributed by atoms with Crippen LogP contribution >= 0.6 is 0 Å². The monoisotopic (exact) mass is 311 g/mol. The molecule has 6 heteroatoms. The van der Waals surface area contributed by atoms with Crippen LogP contribution in [0.5, 0.6) is 0 Å². The topological polar surface area (TPSA) is 64.6 Å². The minimum absolute atomic E-state index is 0.0162. The maximum atomic E-state index is 12.3. The second-order valence-electron chi connectivity index (χ2n) is 5.80. The Balaban J connectivity index is 1.67. The first-order valence-corrected chi connectivity index (χ1v) is 8.90. The van der Waals surface area contributed by atoms with Crippen LogP contribution in [-0.2, 0) is 25.2 Å². The van der Waals surface area contributed by atoms with Gasteiger partial charge in [0.2, 0.25) is 10.0 Å². The number of benzene rings is 1. The van der Waals surface area contributed by atoms with Gasteiger partial charge in [-0.05, 0) is 12.0 Å². The summed E-state index contributed by atoms with van der Waals surface area (Å²) in [6.45, 7) is 1.24. The van der Waals surface area contributed by atoms with Crippen LogP contribution in [0.1, 0.15) is 12.0 Å². The van der Waals surface area contributed by atoms with Crippen LogP contribution in [0.3, 0.4) is 0 Å². The largest absolute Gasteiger partial charge is 0.384 e. The Morgan fingerprint density at radius 1 is 1.33 bits per heavy atom. The standard InChI is InChI=1S/C15H21NO4S/c1-19-9-13-14(12-7-8-20-15(12)13)16-21(17,18)10-11-5-3-2-4-6-11/h2-6,12-16H,7-10H2,1H3/t12-,13-,14-,15-/m0/s1. The van der Waals surface area contributed by atoms with Gasteiger partial charge in [-0.1, -0.05) is 30.3 Å². The maximum absolute atomic E-state index is 12.3. The number of methoxy groups -OCH3 is 1. The van der Waals surface area contributed by atoms with Crippen LogP contribution < -0.4 is 4.72 Å². The number of nitrogens with one attached hydrogen (secondary N) is 1. The first kappa shape index (κ1) is 15.0. The molecule has 2 fully saturated rings. The van der Waals surface area contributed by atoms with Crippen molar-refractivity contribution in [2.45, 2.75) is 24.3 Å². The fourth-order valence-corrected chi connectivity index (χ4v) is 4.92. The van der Waals surface area contributed by atoms with Crippen molar-refractivity contribution >= 4 is 10.0 Å². The van der Waals surface area contributed by atoms with E-state index in [0.29, 0.717) is 13.2 Å². The van der Waals surface area contributed by atoms with E-state index in [2.05, 4.69) is 4.72 Å². The summed E-state index contributed by atoms with van der Waals surface area (Å²) >= 11 is 0. The Morgan fingerprint density at radius 3 is 2.81 bits per heavy atom. The van der Waals surface area contributed by atoms with Gasteiger partial charge in [0.1, 0.15) is 0 Å². The second-order valence-corrected chi connectivity index (χ2v) is 7.55. The third-order valence-electron chi connectivity index (χ3n) is 4.40. The van der Waals surface area contributed by atoms with Crippen molar-refractivity contribution in [2.75, 3.05) is 20.3 Å². The van der Waals surface area contributed by atoms with Crippen LogP contribution in [0.15, 0.2) is 30.3 Å². The zero-order chi connectivity index (χ0) is 14.9. The highest BCUT2D eigenvalue weighted by Gasteiger charge is 2.54.